The van der Waals surface area contributed by atoms with Crippen LogP contribution in [0.3, 0.4) is 0 Å². The zero-order valence-corrected chi connectivity index (χ0v) is 19.7. The standard InChI is InChI=1S/C24H29N3O6S/c28-23(26-18-6-4-7-19(16-18)27-13-5-9-24(27)29)8-2-1-3-12-25-34(30,31)20-10-11-21-22(17-20)33-15-14-32-21/h4,6-7,10-11,16-17,25H,1-3,5,8-9,12-15H2,(H,26,28). The molecular formula is C24H29N3O6S. The molecule has 4 rings (SSSR count). The molecular weight excluding hydrogens is 458 g/mol. The fraction of sp³-hybridized carbons (Fsp3) is 0.417. The Morgan fingerprint density at radius 2 is 1.82 bits per heavy atom. The minimum atomic E-state index is -3.65. The van der Waals surface area contributed by atoms with E-state index >= 15 is 0 Å². The molecule has 2 aromatic carbocycles. The second kappa shape index (κ2) is 10.9. The third kappa shape index (κ3) is 6.06. The van der Waals surface area contributed by atoms with E-state index in [1.54, 1.807) is 17.0 Å². The number of anilines is 2. The summed E-state index contributed by atoms with van der Waals surface area (Å²) in [7, 11) is -3.65. The second-order valence-electron chi connectivity index (χ2n) is 8.26. The van der Waals surface area contributed by atoms with Crippen molar-refractivity contribution in [2.45, 2.75) is 43.4 Å². The highest BCUT2D eigenvalue weighted by Gasteiger charge is 2.22. The molecule has 0 radical (unpaired) electrons. The molecule has 2 amide bonds. The van der Waals surface area contributed by atoms with Gasteiger partial charge in [-0.1, -0.05) is 12.5 Å². The Labute approximate surface area is 199 Å². The lowest BCUT2D eigenvalue weighted by atomic mass is 10.2. The maximum Gasteiger partial charge on any atom is 0.240 e. The molecule has 1 fully saturated rings. The lowest BCUT2D eigenvalue weighted by Gasteiger charge is -2.18. The van der Waals surface area contributed by atoms with Gasteiger partial charge in [0, 0.05) is 43.4 Å². The largest absolute Gasteiger partial charge is 0.486 e. The maximum absolute atomic E-state index is 12.5. The third-order valence-corrected chi connectivity index (χ3v) is 7.17. The Morgan fingerprint density at radius 1 is 1.00 bits per heavy atom. The van der Waals surface area contributed by atoms with Gasteiger partial charge >= 0.3 is 0 Å². The summed E-state index contributed by atoms with van der Waals surface area (Å²) >= 11 is 0. The summed E-state index contributed by atoms with van der Waals surface area (Å²) < 4.78 is 38.5. The van der Waals surface area contributed by atoms with Gasteiger partial charge in [0.1, 0.15) is 13.2 Å². The Morgan fingerprint density at radius 3 is 2.62 bits per heavy atom. The van der Waals surface area contributed by atoms with Crippen LogP contribution in [0, 0.1) is 0 Å². The number of hydrogen-bond acceptors (Lipinski definition) is 6. The molecule has 2 aliphatic heterocycles. The average molecular weight is 488 g/mol. The molecule has 0 aromatic heterocycles. The van der Waals surface area contributed by atoms with Gasteiger partial charge in [0.15, 0.2) is 11.5 Å². The first-order chi connectivity index (χ1) is 16.4. The molecule has 2 N–H and O–H groups in total. The van der Waals surface area contributed by atoms with E-state index in [4.69, 9.17) is 9.47 Å². The van der Waals surface area contributed by atoms with E-state index in [2.05, 4.69) is 10.0 Å². The number of carbonyl (C=O) groups is 2. The number of fused-ring (bicyclic) bond motifs is 1. The number of rotatable bonds is 10. The summed E-state index contributed by atoms with van der Waals surface area (Å²) in [6, 6.07) is 11.9. The van der Waals surface area contributed by atoms with Crippen LogP contribution in [0.5, 0.6) is 11.5 Å². The average Bonchev–Trinajstić information content (AvgIpc) is 3.27. The van der Waals surface area contributed by atoms with Gasteiger partial charge in [-0.25, -0.2) is 13.1 Å². The number of nitrogens with zero attached hydrogens (tertiary/aromatic N) is 1. The van der Waals surface area contributed by atoms with Crippen molar-refractivity contribution in [1.82, 2.24) is 4.72 Å². The summed E-state index contributed by atoms with van der Waals surface area (Å²) in [5.41, 5.74) is 1.46. The molecule has 10 heteroatoms. The van der Waals surface area contributed by atoms with Crippen molar-refractivity contribution < 1.29 is 27.5 Å². The molecule has 0 unspecified atom stereocenters. The van der Waals surface area contributed by atoms with E-state index in [1.807, 2.05) is 18.2 Å². The second-order valence-corrected chi connectivity index (χ2v) is 10.0. The number of ether oxygens (including phenoxy) is 2. The number of benzene rings is 2. The zero-order valence-electron chi connectivity index (χ0n) is 18.9. The van der Waals surface area contributed by atoms with Crippen LogP contribution in [0.4, 0.5) is 11.4 Å². The SMILES string of the molecule is O=C(CCCCCNS(=O)(=O)c1ccc2c(c1)OCCO2)Nc1cccc(N2CCCC2=O)c1. The number of unbranched alkanes of at least 4 members (excludes halogenated alkanes) is 2. The molecule has 34 heavy (non-hydrogen) atoms. The quantitative estimate of drug-likeness (QED) is 0.498. The number of amides is 2. The summed E-state index contributed by atoms with van der Waals surface area (Å²) in [5, 5.41) is 2.87. The topological polar surface area (TPSA) is 114 Å². The first-order valence-corrected chi connectivity index (χ1v) is 13.0. The minimum absolute atomic E-state index is 0.105. The van der Waals surface area contributed by atoms with Crippen LogP contribution in [-0.4, -0.2) is 46.5 Å². The van der Waals surface area contributed by atoms with Crippen molar-refractivity contribution in [2.75, 3.05) is 36.5 Å². The highest BCUT2D eigenvalue weighted by atomic mass is 32.2. The molecule has 9 nitrogen and oxygen atoms in total. The Kier molecular flexibility index (Phi) is 7.69. The zero-order chi connectivity index (χ0) is 24.0. The normalized spacial score (nSPS) is 15.4. The summed E-state index contributed by atoms with van der Waals surface area (Å²) in [4.78, 5) is 26.1. The van der Waals surface area contributed by atoms with E-state index in [0.717, 1.165) is 12.1 Å². The molecule has 2 heterocycles. The van der Waals surface area contributed by atoms with E-state index in [1.165, 1.54) is 12.1 Å². The minimum Gasteiger partial charge on any atom is -0.486 e. The van der Waals surface area contributed by atoms with Crippen molar-refractivity contribution in [2.24, 2.45) is 0 Å². The summed E-state index contributed by atoms with van der Waals surface area (Å²) in [5.74, 6) is 0.965. The molecule has 0 aliphatic carbocycles. The summed E-state index contributed by atoms with van der Waals surface area (Å²) in [6.45, 7) is 1.82. The van der Waals surface area contributed by atoms with Crippen molar-refractivity contribution >= 4 is 33.2 Å². The molecule has 2 aromatic rings. The number of sulfonamides is 1. The monoisotopic (exact) mass is 487 g/mol. The molecule has 0 saturated carbocycles. The lowest BCUT2D eigenvalue weighted by Crippen LogP contribution is -2.25. The Balaban J connectivity index is 1.17. The fourth-order valence-electron chi connectivity index (χ4n) is 3.96. The van der Waals surface area contributed by atoms with Gasteiger partial charge in [-0.05, 0) is 49.6 Å². The van der Waals surface area contributed by atoms with Crippen molar-refractivity contribution in [3.8, 4) is 11.5 Å². The van der Waals surface area contributed by atoms with Crippen LogP contribution in [0.1, 0.15) is 38.5 Å². The van der Waals surface area contributed by atoms with E-state index in [0.29, 0.717) is 69.0 Å². The fourth-order valence-corrected chi connectivity index (χ4v) is 5.05. The maximum atomic E-state index is 12.5. The van der Waals surface area contributed by atoms with Crippen LogP contribution in [0.2, 0.25) is 0 Å². The highest BCUT2D eigenvalue weighted by Crippen LogP contribution is 2.32. The van der Waals surface area contributed by atoms with Crippen LogP contribution >= 0.6 is 0 Å². The molecule has 0 bridgehead atoms. The Hall–Kier alpha value is -3.11. The summed E-state index contributed by atoms with van der Waals surface area (Å²) in [6.07, 6.45) is 3.71. The predicted molar refractivity (Wildman–Crippen MR) is 128 cm³/mol. The highest BCUT2D eigenvalue weighted by molar-refractivity contribution is 7.89. The molecule has 1 saturated heterocycles. The van der Waals surface area contributed by atoms with Gasteiger partial charge in [-0.2, -0.15) is 0 Å². The van der Waals surface area contributed by atoms with Crippen molar-refractivity contribution in [3.05, 3.63) is 42.5 Å². The van der Waals surface area contributed by atoms with Crippen LogP contribution in [0.15, 0.2) is 47.4 Å². The van der Waals surface area contributed by atoms with Crippen LogP contribution < -0.4 is 24.4 Å². The Bertz CT molecular complexity index is 1150. The molecule has 2 aliphatic rings. The number of hydrogen-bond donors (Lipinski definition) is 2. The van der Waals surface area contributed by atoms with E-state index in [-0.39, 0.29) is 23.3 Å². The number of carbonyl (C=O) groups excluding carboxylic acids is 2. The van der Waals surface area contributed by atoms with Gasteiger partial charge < -0.3 is 19.7 Å². The first kappa shape index (κ1) is 24.0. The molecule has 182 valence electrons. The first-order valence-electron chi connectivity index (χ1n) is 11.5. The van der Waals surface area contributed by atoms with Gasteiger partial charge in [-0.3, -0.25) is 9.59 Å². The van der Waals surface area contributed by atoms with Crippen molar-refractivity contribution in [1.29, 1.82) is 0 Å². The van der Waals surface area contributed by atoms with Gasteiger partial charge in [-0.15, -0.1) is 0 Å². The van der Waals surface area contributed by atoms with Gasteiger partial charge in [0.25, 0.3) is 0 Å². The van der Waals surface area contributed by atoms with E-state index < -0.39 is 10.0 Å². The molecule has 0 atom stereocenters. The van der Waals surface area contributed by atoms with E-state index in [9.17, 15) is 18.0 Å². The van der Waals surface area contributed by atoms with Crippen LogP contribution in [-0.2, 0) is 19.6 Å². The van der Waals surface area contributed by atoms with Gasteiger partial charge in [0.05, 0.1) is 4.90 Å². The lowest BCUT2D eigenvalue weighted by molar-refractivity contribution is -0.117. The van der Waals surface area contributed by atoms with Gasteiger partial charge in [0.2, 0.25) is 21.8 Å². The number of nitrogens with one attached hydrogen (secondary N) is 2. The smallest absolute Gasteiger partial charge is 0.240 e. The predicted octanol–water partition coefficient (Wildman–Crippen LogP) is 3.06. The van der Waals surface area contributed by atoms with Crippen LogP contribution in [0.25, 0.3) is 0 Å². The van der Waals surface area contributed by atoms with Crippen molar-refractivity contribution in [3.63, 3.8) is 0 Å². The third-order valence-electron chi connectivity index (χ3n) is 5.71. The molecule has 0 spiro atoms.